The van der Waals surface area contributed by atoms with Crippen molar-refractivity contribution in [3.63, 3.8) is 0 Å². The van der Waals surface area contributed by atoms with Crippen LogP contribution in [0.4, 0.5) is 5.69 Å². The number of hydrogen-bond acceptors (Lipinski definition) is 7. The normalized spacial score (nSPS) is 11.2. The molecule has 0 amide bonds. The molecule has 0 saturated carbocycles. The summed E-state index contributed by atoms with van der Waals surface area (Å²) in [5.41, 5.74) is 1.50. The van der Waals surface area contributed by atoms with Gasteiger partial charge in [0.25, 0.3) is 0 Å². The van der Waals surface area contributed by atoms with Gasteiger partial charge in [-0.25, -0.2) is 0 Å². The van der Waals surface area contributed by atoms with Gasteiger partial charge in [0, 0.05) is 12.1 Å². The van der Waals surface area contributed by atoms with Gasteiger partial charge in [0.2, 0.25) is 0 Å². The fourth-order valence-corrected chi connectivity index (χ4v) is 3.13. The van der Waals surface area contributed by atoms with Crippen LogP contribution in [0.3, 0.4) is 0 Å². The van der Waals surface area contributed by atoms with Crippen LogP contribution in [-0.2, 0) is 4.79 Å². The summed E-state index contributed by atoms with van der Waals surface area (Å²) < 4.78 is 17.2. The van der Waals surface area contributed by atoms with Gasteiger partial charge in [0.05, 0.1) is 43.5 Å². The lowest BCUT2D eigenvalue weighted by molar-refractivity contribution is -0.307. The van der Waals surface area contributed by atoms with Gasteiger partial charge in [0.1, 0.15) is 5.75 Å². The van der Waals surface area contributed by atoms with E-state index < -0.39 is 12.0 Å². The molecule has 3 rings (SSSR count). The predicted octanol–water partition coefficient (Wildman–Crippen LogP) is 3.71. The Kier molecular flexibility index (Phi) is 8.55. The molecular formula is C26H25N2O5-. The van der Waals surface area contributed by atoms with E-state index in [1.165, 1.54) is 0 Å². The maximum Gasteiger partial charge on any atom is 0.161 e. The van der Waals surface area contributed by atoms with Crippen LogP contribution in [-0.4, -0.2) is 25.8 Å². The number of nitrogens with one attached hydrogen (secondary N) is 1. The molecule has 3 aromatic rings. The van der Waals surface area contributed by atoms with Gasteiger partial charge in [-0.3, -0.25) is 0 Å². The Morgan fingerprint density at radius 1 is 0.970 bits per heavy atom. The molecule has 170 valence electrons. The first-order valence-electron chi connectivity index (χ1n) is 10.7. The van der Waals surface area contributed by atoms with Crippen LogP contribution in [0.25, 0.3) is 0 Å². The Labute approximate surface area is 193 Å². The van der Waals surface area contributed by atoms with Crippen molar-refractivity contribution in [2.75, 3.05) is 25.1 Å². The third-order valence-corrected chi connectivity index (χ3v) is 4.72. The average molecular weight is 445 g/mol. The third kappa shape index (κ3) is 6.91. The molecule has 0 aliphatic heterocycles. The lowest BCUT2D eigenvalue weighted by atomic mass is 10.1. The van der Waals surface area contributed by atoms with Gasteiger partial charge in [-0.2, -0.15) is 5.26 Å². The van der Waals surface area contributed by atoms with Crippen molar-refractivity contribution in [2.45, 2.75) is 19.4 Å². The second kappa shape index (κ2) is 12.0. The summed E-state index contributed by atoms with van der Waals surface area (Å²) in [6.07, 6.45) is 0.671. The molecule has 33 heavy (non-hydrogen) atoms. The van der Waals surface area contributed by atoms with Crippen LogP contribution in [0.15, 0.2) is 72.8 Å². The van der Waals surface area contributed by atoms with Gasteiger partial charge in [-0.1, -0.05) is 24.3 Å². The zero-order valence-electron chi connectivity index (χ0n) is 18.3. The fourth-order valence-electron chi connectivity index (χ4n) is 3.13. The molecule has 7 nitrogen and oxygen atoms in total. The molecule has 0 bridgehead atoms. The minimum atomic E-state index is -1.28. The molecule has 3 aromatic carbocycles. The Balaban J connectivity index is 1.64. The number of ether oxygens (including phenoxy) is 3. The largest absolute Gasteiger partial charge is 0.548 e. The van der Waals surface area contributed by atoms with Crippen molar-refractivity contribution in [1.82, 2.24) is 0 Å². The van der Waals surface area contributed by atoms with Crippen molar-refractivity contribution in [1.29, 1.82) is 5.26 Å². The molecule has 1 unspecified atom stereocenters. The monoisotopic (exact) mass is 445 g/mol. The van der Waals surface area contributed by atoms with E-state index >= 15 is 0 Å². The lowest BCUT2D eigenvalue weighted by Crippen LogP contribution is -2.34. The standard InChI is InChI=1S/C26H26N2O5/c1-2-31-24-17-20(25(26(29)30)28-21-12-9-19(18-27)10-13-21)11-14-23(24)33-16-6-15-32-22-7-4-3-5-8-22/h3-5,7-14,17,25,28H,2,6,15-16H2,1H3,(H,29,30)/p-1. The Hall–Kier alpha value is -4.18. The smallest absolute Gasteiger partial charge is 0.161 e. The maximum atomic E-state index is 11.8. The number of carboxylic acids is 1. The molecule has 7 heteroatoms. The summed E-state index contributed by atoms with van der Waals surface area (Å²) >= 11 is 0. The van der Waals surface area contributed by atoms with E-state index in [4.69, 9.17) is 19.5 Å². The highest BCUT2D eigenvalue weighted by molar-refractivity contribution is 5.78. The van der Waals surface area contributed by atoms with Crippen molar-refractivity contribution in [3.8, 4) is 23.3 Å². The molecule has 0 spiro atoms. The van der Waals surface area contributed by atoms with E-state index in [-0.39, 0.29) is 0 Å². The van der Waals surface area contributed by atoms with E-state index in [2.05, 4.69) is 5.32 Å². The summed E-state index contributed by atoms with van der Waals surface area (Å²) in [7, 11) is 0. The molecule has 1 N–H and O–H groups in total. The Morgan fingerprint density at radius 2 is 1.70 bits per heavy atom. The van der Waals surface area contributed by atoms with Crippen LogP contribution in [0, 0.1) is 11.3 Å². The molecular weight excluding hydrogens is 420 g/mol. The minimum Gasteiger partial charge on any atom is -0.548 e. The summed E-state index contributed by atoms with van der Waals surface area (Å²) in [5, 5.41) is 23.7. The van der Waals surface area contributed by atoms with Gasteiger partial charge < -0.3 is 29.4 Å². The van der Waals surface area contributed by atoms with Crippen molar-refractivity contribution in [3.05, 3.63) is 83.9 Å². The van der Waals surface area contributed by atoms with E-state index in [0.29, 0.717) is 54.6 Å². The molecule has 0 aromatic heterocycles. The molecule has 0 aliphatic rings. The number of para-hydroxylation sites is 1. The molecule has 0 fully saturated rings. The molecule has 0 aliphatic carbocycles. The number of carbonyl (C=O) groups excluding carboxylic acids is 1. The second-order valence-corrected chi connectivity index (χ2v) is 7.09. The van der Waals surface area contributed by atoms with E-state index in [0.717, 1.165) is 5.75 Å². The second-order valence-electron chi connectivity index (χ2n) is 7.09. The highest BCUT2D eigenvalue weighted by Crippen LogP contribution is 2.32. The SMILES string of the molecule is CCOc1cc(C(Nc2ccc(C#N)cc2)C(=O)[O-])ccc1OCCCOc1ccccc1. The van der Waals surface area contributed by atoms with Crippen LogP contribution < -0.4 is 24.6 Å². The number of aliphatic carboxylic acids is 1. The minimum absolute atomic E-state index is 0.399. The number of rotatable bonds is 12. The quantitative estimate of drug-likeness (QED) is 0.424. The van der Waals surface area contributed by atoms with Crippen LogP contribution in [0.1, 0.15) is 30.5 Å². The first-order chi connectivity index (χ1) is 16.1. The van der Waals surface area contributed by atoms with Crippen LogP contribution >= 0.6 is 0 Å². The Morgan fingerprint density at radius 3 is 2.36 bits per heavy atom. The summed E-state index contributed by atoms with van der Waals surface area (Å²) in [4.78, 5) is 11.8. The van der Waals surface area contributed by atoms with Crippen LogP contribution in [0.5, 0.6) is 17.2 Å². The highest BCUT2D eigenvalue weighted by Gasteiger charge is 2.16. The molecule has 0 radical (unpaired) electrons. The van der Waals surface area contributed by atoms with Crippen molar-refractivity contribution < 1.29 is 24.1 Å². The maximum absolute atomic E-state index is 11.8. The third-order valence-electron chi connectivity index (χ3n) is 4.72. The van der Waals surface area contributed by atoms with Gasteiger partial charge in [-0.15, -0.1) is 0 Å². The Bertz CT molecular complexity index is 1080. The number of nitriles is 1. The van der Waals surface area contributed by atoms with E-state index in [1.807, 2.05) is 43.3 Å². The topological polar surface area (TPSA) is 104 Å². The van der Waals surface area contributed by atoms with Crippen molar-refractivity contribution in [2.24, 2.45) is 0 Å². The fraction of sp³-hybridized carbons (Fsp3) is 0.231. The summed E-state index contributed by atoms with van der Waals surface area (Å²) in [5.74, 6) is 0.496. The number of carbonyl (C=O) groups is 1. The molecule has 0 heterocycles. The predicted molar refractivity (Wildman–Crippen MR) is 122 cm³/mol. The summed E-state index contributed by atoms with van der Waals surface area (Å²) in [6, 6.07) is 22.0. The summed E-state index contributed by atoms with van der Waals surface area (Å²) in [6.45, 7) is 3.17. The van der Waals surface area contributed by atoms with Gasteiger partial charge >= 0.3 is 0 Å². The van der Waals surface area contributed by atoms with Crippen LogP contribution in [0.2, 0.25) is 0 Å². The first kappa shape index (κ1) is 23.5. The van der Waals surface area contributed by atoms with E-state index in [1.54, 1.807) is 42.5 Å². The van der Waals surface area contributed by atoms with Gasteiger partial charge in [-0.05, 0) is 61.0 Å². The number of carboxylic acid groups (broad SMARTS) is 1. The highest BCUT2D eigenvalue weighted by atomic mass is 16.5. The average Bonchev–Trinajstić information content (AvgIpc) is 2.84. The lowest BCUT2D eigenvalue weighted by Gasteiger charge is -2.23. The molecule has 0 saturated heterocycles. The first-order valence-corrected chi connectivity index (χ1v) is 10.7. The van der Waals surface area contributed by atoms with E-state index in [9.17, 15) is 9.90 Å². The van der Waals surface area contributed by atoms with Gasteiger partial charge in [0.15, 0.2) is 11.5 Å². The zero-order chi connectivity index (χ0) is 23.5. The van der Waals surface area contributed by atoms with Crippen molar-refractivity contribution >= 4 is 11.7 Å². The number of benzene rings is 3. The molecule has 1 atom stereocenters. The number of anilines is 1. The zero-order valence-corrected chi connectivity index (χ0v) is 18.3. The number of hydrogen-bond donors (Lipinski definition) is 1. The number of nitrogens with zero attached hydrogens (tertiary/aromatic N) is 1.